The quantitative estimate of drug-likeness (QED) is 0.554. The minimum absolute atomic E-state index is 0.0882. The third-order valence-corrected chi connectivity index (χ3v) is 16.1. The second-order valence-corrected chi connectivity index (χ2v) is 14.2. The van der Waals surface area contributed by atoms with Gasteiger partial charge in [0, 0.05) is 0 Å². The third kappa shape index (κ3) is 3.13. The fourth-order valence-electron chi connectivity index (χ4n) is 1.73. The summed E-state index contributed by atoms with van der Waals surface area (Å²) in [7, 11) is -11.3. The molecule has 0 unspecified atom stereocenters. The van der Waals surface area contributed by atoms with Gasteiger partial charge in [-0.1, -0.05) is 0 Å². The molecule has 0 saturated heterocycles. The van der Waals surface area contributed by atoms with Gasteiger partial charge in [0.2, 0.25) is 0 Å². The maximum absolute atomic E-state index is 13.2. The van der Waals surface area contributed by atoms with Crippen molar-refractivity contribution in [2.45, 2.75) is 20.8 Å². The van der Waals surface area contributed by atoms with Gasteiger partial charge < -0.3 is 0 Å². The molecular weight excluding hydrogens is 295 g/mol. The fraction of sp³-hybridized carbons (Fsp3) is 1.00. The summed E-state index contributed by atoms with van der Waals surface area (Å²) in [5.74, 6) is 0. The molecule has 0 radical (unpaired) electrons. The Morgan fingerprint density at radius 3 is 1.18 bits per heavy atom. The van der Waals surface area contributed by atoms with E-state index in [9.17, 15) is 24.6 Å². The SMILES string of the molecule is CCP(C)(CC)(CC)N(S(=O)(=O)F)S(=O)(=O)F. The van der Waals surface area contributed by atoms with Gasteiger partial charge in [-0.15, -0.1) is 0 Å². The van der Waals surface area contributed by atoms with E-state index in [4.69, 9.17) is 0 Å². The van der Waals surface area contributed by atoms with Gasteiger partial charge in [-0.3, -0.25) is 0 Å². The van der Waals surface area contributed by atoms with Crippen LogP contribution in [-0.2, 0) is 20.8 Å². The van der Waals surface area contributed by atoms with Crippen LogP contribution in [0.2, 0.25) is 0 Å². The van der Waals surface area contributed by atoms with Gasteiger partial charge in [0.1, 0.15) is 0 Å². The van der Waals surface area contributed by atoms with Crippen LogP contribution in [-0.4, -0.2) is 45.5 Å². The van der Waals surface area contributed by atoms with Gasteiger partial charge in [-0.2, -0.15) is 0 Å². The monoisotopic (exact) mass is 313 g/mol. The Hall–Kier alpha value is 0.150. The zero-order chi connectivity index (χ0) is 14.1. The molecule has 17 heavy (non-hydrogen) atoms. The molecule has 0 spiro atoms. The number of hydrogen-bond acceptors (Lipinski definition) is 4. The van der Waals surface area contributed by atoms with Crippen LogP contribution in [0.3, 0.4) is 0 Å². The van der Waals surface area contributed by atoms with Crippen molar-refractivity contribution >= 4 is 27.6 Å². The van der Waals surface area contributed by atoms with Crippen LogP contribution >= 0.6 is 6.75 Å². The van der Waals surface area contributed by atoms with Gasteiger partial charge in [0.05, 0.1) is 0 Å². The van der Waals surface area contributed by atoms with E-state index in [0.29, 0.717) is 0 Å². The van der Waals surface area contributed by atoms with E-state index in [0.717, 1.165) is 0 Å². The number of nitrogens with zero attached hydrogens (tertiary/aromatic N) is 1. The average Bonchev–Trinajstić information content (AvgIpc) is 2.13. The third-order valence-electron chi connectivity index (χ3n) is 3.60. The molecule has 0 atom stereocenters. The van der Waals surface area contributed by atoms with Crippen molar-refractivity contribution in [3.05, 3.63) is 0 Å². The second kappa shape index (κ2) is 4.68. The van der Waals surface area contributed by atoms with Crippen LogP contribution in [0.5, 0.6) is 0 Å². The number of halogens is 2. The van der Waals surface area contributed by atoms with E-state index >= 15 is 0 Å². The summed E-state index contributed by atoms with van der Waals surface area (Å²) in [5, 5.41) is 0. The summed E-state index contributed by atoms with van der Waals surface area (Å²) < 4.78 is 69.7. The number of hydrogen-bond donors (Lipinski definition) is 0. The molecule has 0 heterocycles. The van der Waals surface area contributed by atoms with E-state index in [2.05, 4.69) is 0 Å². The van der Waals surface area contributed by atoms with E-state index in [1.54, 1.807) is 0 Å². The molecule has 0 aliphatic carbocycles. The van der Waals surface area contributed by atoms with E-state index in [1.807, 2.05) is 0 Å². The van der Waals surface area contributed by atoms with Crippen LogP contribution in [0.4, 0.5) is 7.77 Å². The zero-order valence-electron chi connectivity index (χ0n) is 10.2. The summed E-state index contributed by atoms with van der Waals surface area (Å²) in [6.45, 7) is 2.27. The van der Waals surface area contributed by atoms with Gasteiger partial charge in [0.25, 0.3) is 0 Å². The van der Waals surface area contributed by atoms with Gasteiger partial charge >= 0.3 is 102 Å². The van der Waals surface area contributed by atoms with Crippen LogP contribution < -0.4 is 0 Å². The van der Waals surface area contributed by atoms with E-state index in [1.165, 1.54) is 27.4 Å². The molecule has 5 nitrogen and oxygen atoms in total. The Morgan fingerprint density at radius 2 is 1.12 bits per heavy atom. The fourth-order valence-corrected chi connectivity index (χ4v) is 11.6. The second-order valence-electron chi connectivity index (χ2n) is 4.25. The minimum atomic E-state index is -5.65. The molecule has 0 aliphatic heterocycles. The van der Waals surface area contributed by atoms with E-state index < -0.39 is 31.1 Å². The molecule has 0 aromatic rings. The Labute approximate surface area is 102 Å². The number of rotatable bonds is 6. The molecule has 0 aromatic carbocycles. The van der Waals surface area contributed by atoms with Crippen molar-refractivity contribution in [2.75, 3.05) is 25.2 Å². The van der Waals surface area contributed by atoms with Crippen LogP contribution in [0.25, 0.3) is 0 Å². The van der Waals surface area contributed by atoms with Crippen LogP contribution in [0.1, 0.15) is 20.8 Å². The van der Waals surface area contributed by atoms with E-state index in [-0.39, 0.29) is 18.5 Å². The molecule has 0 aromatic heterocycles. The Morgan fingerprint density at radius 1 is 0.882 bits per heavy atom. The van der Waals surface area contributed by atoms with Crippen molar-refractivity contribution < 1.29 is 24.6 Å². The van der Waals surface area contributed by atoms with Gasteiger partial charge in [0.15, 0.2) is 0 Å². The first-order valence-electron chi connectivity index (χ1n) is 5.06. The zero-order valence-corrected chi connectivity index (χ0v) is 12.7. The Bertz CT molecular complexity index is 443. The first-order chi connectivity index (χ1) is 7.35. The first-order valence-corrected chi connectivity index (χ1v) is 10.9. The molecule has 0 fully saturated rings. The predicted octanol–water partition coefficient (Wildman–Crippen LogP) is 1.87. The van der Waals surface area contributed by atoms with Gasteiger partial charge in [-0.05, 0) is 0 Å². The summed E-state index contributed by atoms with van der Waals surface area (Å²) >= 11 is 0. The summed E-state index contributed by atoms with van der Waals surface area (Å²) in [6.07, 6.45) is 0.265. The van der Waals surface area contributed by atoms with Crippen molar-refractivity contribution in [1.82, 2.24) is 3.48 Å². The standard InChI is InChI=1S/C7H18F2NO4PS2/c1-5-15(4,6-2,7-3)10(16(8,11)12)17(9,13)14/h5-7H2,1-4H3. The van der Waals surface area contributed by atoms with Crippen LogP contribution in [0.15, 0.2) is 0 Å². The van der Waals surface area contributed by atoms with Gasteiger partial charge in [-0.25, -0.2) is 0 Å². The predicted molar refractivity (Wildman–Crippen MR) is 66.4 cm³/mol. The van der Waals surface area contributed by atoms with Crippen molar-refractivity contribution in [3.63, 3.8) is 0 Å². The molecule has 0 saturated carbocycles. The van der Waals surface area contributed by atoms with Crippen molar-refractivity contribution in [1.29, 1.82) is 0 Å². The molecule has 106 valence electrons. The summed E-state index contributed by atoms with van der Waals surface area (Å²) in [4.78, 5) is 0. The Kier molecular flexibility index (Phi) is 4.72. The molecule has 0 aliphatic rings. The maximum atomic E-state index is 13.2. The normalized spacial score (nSPS) is 16.8. The summed E-state index contributed by atoms with van der Waals surface area (Å²) in [6, 6.07) is 0. The molecule has 10 heteroatoms. The molecule has 0 rings (SSSR count). The van der Waals surface area contributed by atoms with Crippen molar-refractivity contribution in [2.24, 2.45) is 0 Å². The summed E-state index contributed by atoms with van der Waals surface area (Å²) in [5.41, 5.74) is 0. The van der Waals surface area contributed by atoms with Crippen LogP contribution in [0, 0.1) is 0 Å². The first kappa shape index (κ1) is 17.2. The molecular formula is C7H18F2NO4PS2. The topological polar surface area (TPSA) is 71.5 Å². The molecule has 0 N–H and O–H groups in total. The molecule has 0 amide bonds. The molecule has 0 bridgehead atoms. The average molecular weight is 313 g/mol. The Balaban J connectivity index is 6.33. The van der Waals surface area contributed by atoms with Crippen molar-refractivity contribution in [3.8, 4) is 0 Å².